The second kappa shape index (κ2) is 7.46. The molecule has 1 heterocycles. The van der Waals surface area contributed by atoms with E-state index in [2.05, 4.69) is 0 Å². The van der Waals surface area contributed by atoms with Crippen LogP contribution in [0.15, 0.2) is 29.2 Å². The van der Waals surface area contributed by atoms with Crippen molar-refractivity contribution in [1.29, 1.82) is 0 Å². The molecule has 1 aromatic rings. The van der Waals surface area contributed by atoms with Crippen molar-refractivity contribution < 1.29 is 13.2 Å². The maximum absolute atomic E-state index is 12.9. The third-order valence-electron chi connectivity index (χ3n) is 5.64. The van der Waals surface area contributed by atoms with Crippen molar-refractivity contribution in [1.82, 2.24) is 9.21 Å². The number of amides is 1. The molecule has 0 spiro atoms. The van der Waals surface area contributed by atoms with Gasteiger partial charge in [0.05, 0.1) is 4.90 Å². The average molecular weight is 365 g/mol. The number of rotatable bonds is 4. The minimum atomic E-state index is -3.48. The summed E-state index contributed by atoms with van der Waals surface area (Å²) in [4.78, 5) is 14.7. The van der Waals surface area contributed by atoms with Crippen molar-refractivity contribution in [3.05, 3.63) is 29.8 Å². The highest BCUT2D eigenvalue weighted by Crippen LogP contribution is 2.26. The summed E-state index contributed by atoms with van der Waals surface area (Å²) >= 11 is 0. The molecule has 1 amide bonds. The summed E-state index contributed by atoms with van der Waals surface area (Å²) in [6, 6.07) is 6.79. The molecule has 1 saturated carbocycles. The number of hydrogen-bond acceptors (Lipinski definition) is 3. The van der Waals surface area contributed by atoms with E-state index < -0.39 is 10.0 Å². The van der Waals surface area contributed by atoms with Gasteiger partial charge in [-0.05, 0) is 56.9 Å². The van der Waals surface area contributed by atoms with E-state index in [1.807, 2.05) is 18.9 Å². The zero-order valence-corrected chi connectivity index (χ0v) is 16.0. The fraction of sp³-hybridized carbons (Fsp3) is 0.632. The SMILES string of the molecule is C[C@@H]1CCCCN1S(=O)(=O)c1ccc(C(=O)N(C)C2CCCC2)cc1. The summed E-state index contributed by atoms with van der Waals surface area (Å²) in [7, 11) is -1.64. The van der Waals surface area contributed by atoms with E-state index in [9.17, 15) is 13.2 Å². The van der Waals surface area contributed by atoms with Crippen molar-refractivity contribution in [2.75, 3.05) is 13.6 Å². The third-order valence-corrected chi connectivity index (χ3v) is 7.67. The number of benzene rings is 1. The maximum atomic E-state index is 12.9. The van der Waals surface area contributed by atoms with E-state index in [0.29, 0.717) is 18.2 Å². The first-order valence-corrected chi connectivity index (χ1v) is 10.7. The van der Waals surface area contributed by atoms with Gasteiger partial charge in [0.15, 0.2) is 0 Å². The van der Waals surface area contributed by atoms with Gasteiger partial charge in [0.1, 0.15) is 0 Å². The number of carbonyl (C=O) groups is 1. The van der Waals surface area contributed by atoms with Crippen LogP contribution in [0.2, 0.25) is 0 Å². The molecule has 6 heteroatoms. The second-order valence-electron chi connectivity index (χ2n) is 7.34. The number of piperidine rings is 1. The van der Waals surface area contributed by atoms with Crippen LogP contribution in [-0.4, -0.2) is 49.2 Å². The monoisotopic (exact) mass is 364 g/mol. The molecule has 1 atom stereocenters. The Morgan fingerprint density at radius 3 is 2.24 bits per heavy atom. The molecule has 1 aliphatic carbocycles. The van der Waals surface area contributed by atoms with Gasteiger partial charge >= 0.3 is 0 Å². The van der Waals surface area contributed by atoms with E-state index in [-0.39, 0.29) is 16.8 Å². The van der Waals surface area contributed by atoms with E-state index in [0.717, 1.165) is 32.1 Å². The van der Waals surface area contributed by atoms with Gasteiger partial charge < -0.3 is 4.90 Å². The summed E-state index contributed by atoms with van der Waals surface area (Å²) < 4.78 is 27.3. The molecule has 1 saturated heterocycles. The normalized spacial score (nSPS) is 22.9. The molecule has 25 heavy (non-hydrogen) atoms. The molecule has 138 valence electrons. The first kappa shape index (κ1) is 18.4. The Morgan fingerprint density at radius 2 is 1.64 bits per heavy atom. The molecule has 2 fully saturated rings. The van der Waals surface area contributed by atoms with Crippen LogP contribution in [0.5, 0.6) is 0 Å². The molecule has 0 radical (unpaired) electrons. The Balaban J connectivity index is 1.76. The van der Waals surface area contributed by atoms with Crippen LogP contribution in [0.3, 0.4) is 0 Å². The molecular weight excluding hydrogens is 336 g/mol. The lowest BCUT2D eigenvalue weighted by Crippen LogP contribution is -2.41. The molecule has 1 aromatic carbocycles. The molecule has 3 rings (SSSR count). The third kappa shape index (κ3) is 3.75. The summed E-state index contributed by atoms with van der Waals surface area (Å²) in [5, 5.41) is 0. The standard InChI is InChI=1S/C19H28N2O3S/c1-15-7-5-6-14-21(15)25(23,24)18-12-10-16(11-13-18)19(22)20(2)17-8-3-4-9-17/h10-13,15,17H,3-9,14H2,1-2H3/t15-/m1/s1. The molecule has 0 N–H and O–H groups in total. The lowest BCUT2D eigenvalue weighted by Gasteiger charge is -2.32. The minimum absolute atomic E-state index is 0.0258. The van der Waals surface area contributed by atoms with Crippen LogP contribution < -0.4 is 0 Å². The molecule has 0 unspecified atom stereocenters. The molecule has 0 aromatic heterocycles. The Labute approximate surface area is 151 Å². The van der Waals surface area contributed by atoms with Crippen LogP contribution in [0.4, 0.5) is 0 Å². The Bertz CT molecular complexity index is 709. The molecular formula is C19H28N2O3S. The highest BCUT2D eigenvalue weighted by molar-refractivity contribution is 7.89. The number of sulfonamides is 1. The van der Waals surface area contributed by atoms with Crippen molar-refractivity contribution >= 4 is 15.9 Å². The molecule has 2 aliphatic rings. The van der Waals surface area contributed by atoms with Crippen molar-refractivity contribution in [3.8, 4) is 0 Å². The van der Waals surface area contributed by atoms with Crippen molar-refractivity contribution in [2.45, 2.75) is 68.8 Å². The van der Waals surface area contributed by atoms with E-state index in [1.165, 1.54) is 12.8 Å². The van der Waals surface area contributed by atoms with E-state index in [4.69, 9.17) is 0 Å². The van der Waals surface area contributed by atoms with Crippen LogP contribution in [0.25, 0.3) is 0 Å². The van der Waals surface area contributed by atoms with Gasteiger partial charge in [0, 0.05) is 31.2 Å². The van der Waals surface area contributed by atoms with Gasteiger partial charge in [0.2, 0.25) is 10.0 Å². The smallest absolute Gasteiger partial charge is 0.253 e. The Morgan fingerprint density at radius 1 is 1.04 bits per heavy atom. The Hall–Kier alpha value is -1.40. The molecule has 1 aliphatic heterocycles. The van der Waals surface area contributed by atoms with Crippen LogP contribution in [-0.2, 0) is 10.0 Å². The van der Waals surface area contributed by atoms with Crippen LogP contribution in [0.1, 0.15) is 62.2 Å². The van der Waals surface area contributed by atoms with Gasteiger partial charge in [0.25, 0.3) is 5.91 Å². The van der Waals surface area contributed by atoms with Gasteiger partial charge in [-0.3, -0.25) is 4.79 Å². The maximum Gasteiger partial charge on any atom is 0.253 e. The zero-order chi connectivity index (χ0) is 18.0. The van der Waals surface area contributed by atoms with E-state index in [1.54, 1.807) is 28.6 Å². The molecule has 0 bridgehead atoms. The van der Waals surface area contributed by atoms with Gasteiger partial charge in [-0.1, -0.05) is 19.3 Å². The number of carbonyl (C=O) groups excluding carboxylic acids is 1. The predicted octanol–water partition coefficient (Wildman–Crippen LogP) is 3.26. The van der Waals surface area contributed by atoms with Gasteiger partial charge in [-0.15, -0.1) is 0 Å². The van der Waals surface area contributed by atoms with Crippen molar-refractivity contribution in [2.24, 2.45) is 0 Å². The fourth-order valence-corrected chi connectivity index (χ4v) is 5.69. The summed E-state index contributed by atoms with van der Waals surface area (Å²) in [5.41, 5.74) is 0.556. The van der Waals surface area contributed by atoms with Gasteiger partial charge in [-0.25, -0.2) is 8.42 Å². The average Bonchev–Trinajstić information content (AvgIpc) is 3.15. The number of nitrogens with zero attached hydrogens (tertiary/aromatic N) is 2. The second-order valence-corrected chi connectivity index (χ2v) is 9.23. The summed E-state index contributed by atoms with van der Waals surface area (Å²) in [6.07, 6.45) is 7.35. The fourth-order valence-electron chi connectivity index (χ4n) is 3.99. The highest BCUT2D eigenvalue weighted by Gasteiger charge is 2.31. The lowest BCUT2D eigenvalue weighted by molar-refractivity contribution is 0.0735. The van der Waals surface area contributed by atoms with Crippen molar-refractivity contribution in [3.63, 3.8) is 0 Å². The largest absolute Gasteiger partial charge is 0.339 e. The predicted molar refractivity (Wildman–Crippen MR) is 98.0 cm³/mol. The highest BCUT2D eigenvalue weighted by atomic mass is 32.2. The first-order chi connectivity index (χ1) is 11.9. The lowest BCUT2D eigenvalue weighted by atomic mass is 10.1. The topological polar surface area (TPSA) is 57.7 Å². The summed E-state index contributed by atoms with van der Waals surface area (Å²) in [5.74, 6) is -0.0258. The minimum Gasteiger partial charge on any atom is -0.339 e. The quantitative estimate of drug-likeness (QED) is 0.824. The van der Waals surface area contributed by atoms with E-state index >= 15 is 0 Å². The van der Waals surface area contributed by atoms with Crippen LogP contribution >= 0.6 is 0 Å². The summed E-state index contributed by atoms with van der Waals surface area (Å²) in [6.45, 7) is 2.54. The first-order valence-electron chi connectivity index (χ1n) is 9.30. The van der Waals surface area contributed by atoms with Crippen LogP contribution in [0, 0.1) is 0 Å². The zero-order valence-electron chi connectivity index (χ0n) is 15.1. The Kier molecular flexibility index (Phi) is 5.49. The van der Waals surface area contributed by atoms with Gasteiger partial charge in [-0.2, -0.15) is 4.31 Å². The number of hydrogen-bond donors (Lipinski definition) is 0. The molecule has 5 nitrogen and oxygen atoms in total.